The van der Waals surface area contributed by atoms with Crippen LogP contribution < -0.4 is 11.0 Å². The molecule has 0 atom stereocenters. The van der Waals surface area contributed by atoms with Crippen molar-refractivity contribution in [3.63, 3.8) is 0 Å². The molecule has 0 fully saturated rings. The molecule has 3 rings (SSSR count). The first kappa shape index (κ1) is 17.1. The molecule has 25 heavy (non-hydrogen) atoms. The molecule has 0 spiro atoms. The van der Waals surface area contributed by atoms with Crippen molar-refractivity contribution in [1.82, 2.24) is 15.0 Å². The van der Waals surface area contributed by atoms with Crippen molar-refractivity contribution >= 4 is 29.0 Å². The third kappa shape index (κ3) is 3.67. The lowest BCUT2D eigenvalue weighted by Crippen LogP contribution is -2.24. The highest BCUT2D eigenvalue weighted by Gasteiger charge is 2.10. The van der Waals surface area contributed by atoms with Gasteiger partial charge in [-0.15, -0.1) is 0 Å². The van der Waals surface area contributed by atoms with E-state index in [1.54, 1.807) is 18.2 Å². The number of hydrogen-bond acceptors (Lipinski definition) is 4. The molecule has 7 heteroatoms. The molecule has 0 unspecified atom stereocenters. The largest absolute Gasteiger partial charge is 0.332 e. The number of carbonyl (C=O) groups is 1. The Morgan fingerprint density at radius 2 is 2.00 bits per heavy atom. The van der Waals surface area contributed by atoms with Gasteiger partial charge in [-0.25, -0.2) is 5.48 Å². The van der Waals surface area contributed by atoms with Gasteiger partial charge in [-0.05, 0) is 42.9 Å². The predicted molar refractivity (Wildman–Crippen MR) is 97.8 cm³/mol. The van der Waals surface area contributed by atoms with Gasteiger partial charge in [0.15, 0.2) is 4.77 Å². The van der Waals surface area contributed by atoms with Crippen molar-refractivity contribution in [2.24, 2.45) is 0 Å². The first-order valence-electron chi connectivity index (χ1n) is 7.83. The third-order valence-corrected chi connectivity index (χ3v) is 4.13. The molecule has 0 aliphatic carbocycles. The molecular formula is C18H17N3O3S. The number of aromatic nitrogens is 2. The van der Waals surface area contributed by atoms with Gasteiger partial charge in [-0.1, -0.05) is 30.3 Å². The molecular weight excluding hydrogens is 338 g/mol. The molecule has 0 aliphatic heterocycles. The van der Waals surface area contributed by atoms with Crippen molar-refractivity contribution in [1.29, 1.82) is 0 Å². The fourth-order valence-corrected chi connectivity index (χ4v) is 2.82. The van der Waals surface area contributed by atoms with E-state index in [0.717, 1.165) is 5.56 Å². The summed E-state index contributed by atoms with van der Waals surface area (Å²) in [5, 5.41) is 0.484. The van der Waals surface area contributed by atoms with Gasteiger partial charge in [0.05, 0.1) is 17.5 Å². The first-order valence-corrected chi connectivity index (χ1v) is 8.24. The Labute approximate surface area is 149 Å². The number of H-pyrrole nitrogens is 1. The highest BCUT2D eigenvalue weighted by Crippen LogP contribution is 2.11. The monoisotopic (exact) mass is 355 g/mol. The number of hydroxylamine groups is 1. The first-order chi connectivity index (χ1) is 12.1. The zero-order chi connectivity index (χ0) is 17.8. The summed E-state index contributed by atoms with van der Waals surface area (Å²) in [6.07, 6.45) is 0. The van der Waals surface area contributed by atoms with Gasteiger partial charge in [0.2, 0.25) is 0 Å². The van der Waals surface area contributed by atoms with E-state index in [-0.39, 0.29) is 12.2 Å². The van der Waals surface area contributed by atoms with Crippen LogP contribution in [0, 0.1) is 4.77 Å². The molecule has 0 aliphatic rings. The number of nitrogens with zero attached hydrogens (tertiary/aromatic N) is 1. The number of fused-ring (bicyclic) bond motifs is 1. The van der Waals surface area contributed by atoms with Crippen LogP contribution in [0.15, 0.2) is 53.3 Å². The summed E-state index contributed by atoms with van der Waals surface area (Å²) in [5.41, 5.74) is 4.08. The Morgan fingerprint density at radius 3 is 2.72 bits per heavy atom. The number of carbonyl (C=O) groups excluding carboxylic acids is 1. The van der Waals surface area contributed by atoms with E-state index in [2.05, 4.69) is 10.5 Å². The molecule has 1 amide bonds. The molecule has 0 saturated carbocycles. The molecule has 2 N–H and O–H groups in total. The second-order valence-corrected chi connectivity index (χ2v) is 5.83. The summed E-state index contributed by atoms with van der Waals surface area (Å²) < 4.78 is 1.80. The van der Waals surface area contributed by atoms with Gasteiger partial charge < -0.3 is 4.98 Å². The Hall–Kier alpha value is -2.77. The van der Waals surface area contributed by atoms with Gasteiger partial charge in [0, 0.05) is 12.1 Å². The van der Waals surface area contributed by atoms with Crippen LogP contribution in [0.2, 0.25) is 0 Å². The van der Waals surface area contributed by atoms with Gasteiger partial charge in [0.1, 0.15) is 0 Å². The zero-order valence-electron chi connectivity index (χ0n) is 13.6. The van der Waals surface area contributed by atoms with Crippen molar-refractivity contribution in [3.8, 4) is 0 Å². The normalized spacial score (nSPS) is 10.8. The summed E-state index contributed by atoms with van der Waals surface area (Å²) in [4.78, 5) is 32.8. The summed E-state index contributed by atoms with van der Waals surface area (Å²) in [6, 6.07) is 14.3. The standard InChI is InChI=1S/C18H17N3O3S/c1-2-21-17(23)14-9-8-13(10-15(14)19-18(21)25)16(22)20-24-11-12-6-4-3-5-7-12/h3-10H,2,11H2,1H3,(H,19,25)(H,20,22). The zero-order valence-corrected chi connectivity index (χ0v) is 14.4. The smallest absolute Gasteiger partial charge is 0.274 e. The molecule has 1 heterocycles. The van der Waals surface area contributed by atoms with Crippen molar-refractivity contribution in [2.45, 2.75) is 20.1 Å². The number of hydrogen-bond donors (Lipinski definition) is 2. The van der Waals surface area contributed by atoms with Gasteiger partial charge >= 0.3 is 0 Å². The summed E-state index contributed by atoms with van der Waals surface area (Å²) >= 11 is 5.18. The van der Waals surface area contributed by atoms with Gasteiger partial charge in [-0.3, -0.25) is 19.0 Å². The summed E-state index contributed by atoms with van der Waals surface area (Å²) in [7, 11) is 0. The van der Waals surface area contributed by atoms with E-state index in [9.17, 15) is 9.59 Å². The maximum atomic E-state index is 12.3. The molecule has 1 aromatic heterocycles. The SMILES string of the molecule is CCn1c(=S)[nH]c2cc(C(=O)NOCc3ccccc3)ccc2c1=O. The van der Waals surface area contributed by atoms with E-state index in [4.69, 9.17) is 17.1 Å². The third-order valence-electron chi connectivity index (χ3n) is 3.81. The molecule has 0 radical (unpaired) electrons. The van der Waals surface area contributed by atoms with Crippen molar-refractivity contribution < 1.29 is 9.63 Å². The van der Waals surface area contributed by atoms with Crippen LogP contribution >= 0.6 is 12.2 Å². The molecule has 0 bridgehead atoms. The van der Waals surface area contributed by atoms with Crippen molar-refractivity contribution in [2.75, 3.05) is 0 Å². The second-order valence-electron chi connectivity index (χ2n) is 5.45. The van der Waals surface area contributed by atoms with Gasteiger partial charge in [-0.2, -0.15) is 0 Å². The number of aromatic amines is 1. The minimum absolute atomic E-state index is 0.173. The van der Waals surface area contributed by atoms with E-state index < -0.39 is 5.91 Å². The Morgan fingerprint density at radius 1 is 1.24 bits per heavy atom. The quantitative estimate of drug-likeness (QED) is 0.545. The highest BCUT2D eigenvalue weighted by atomic mass is 32.1. The topological polar surface area (TPSA) is 76.1 Å². The number of rotatable bonds is 5. The summed E-state index contributed by atoms with van der Waals surface area (Å²) in [5.74, 6) is -0.392. The minimum Gasteiger partial charge on any atom is -0.332 e. The lowest BCUT2D eigenvalue weighted by Gasteiger charge is -2.08. The van der Waals surface area contributed by atoms with Crippen molar-refractivity contribution in [3.05, 3.63) is 74.8 Å². The van der Waals surface area contributed by atoms with E-state index in [0.29, 0.717) is 27.8 Å². The number of nitrogens with one attached hydrogen (secondary N) is 2. The lowest BCUT2D eigenvalue weighted by molar-refractivity contribution is 0.0233. The maximum absolute atomic E-state index is 12.3. The minimum atomic E-state index is -0.392. The average molecular weight is 355 g/mol. The van der Waals surface area contributed by atoms with Crippen LogP contribution in [0.4, 0.5) is 0 Å². The van der Waals surface area contributed by atoms with Crippen LogP contribution in [0.1, 0.15) is 22.8 Å². The van der Waals surface area contributed by atoms with Crippen LogP contribution in [-0.4, -0.2) is 15.5 Å². The predicted octanol–water partition coefficient (Wildman–Crippen LogP) is 2.94. The number of amides is 1. The highest BCUT2D eigenvalue weighted by molar-refractivity contribution is 7.71. The Balaban J connectivity index is 1.78. The molecule has 128 valence electrons. The lowest BCUT2D eigenvalue weighted by atomic mass is 10.1. The second kappa shape index (κ2) is 7.42. The average Bonchev–Trinajstić information content (AvgIpc) is 2.62. The molecule has 3 aromatic rings. The molecule has 0 saturated heterocycles. The van der Waals surface area contributed by atoms with Crippen LogP contribution in [0.3, 0.4) is 0 Å². The Kier molecular flexibility index (Phi) is 5.06. The molecule has 6 nitrogen and oxygen atoms in total. The van der Waals surface area contributed by atoms with E-state index in [1.807, 2.05) is 37.3 Å². The molecule has 2 aromatic carbocycles. The van der Waals surface area contributed by atoms with Crippen LogP contribution in [0.25, 0.3) is 10.9 Å². The summed E-state index contributed by atoms with van der Waals surface area (Å²) in [6.45, 7) is 2.60. The maximum Gasteiger partial charge on any atom is 0.274 e. The fraction of sp³-hybridized carbons (Fsp3) is 0.167. The Bertz CT molecular complexity index is 1030. The fourth-order valence-electron chi connectivity index (χ4n) is 2.50. The van der Waals surface area contributed by atoms with Crippen LogP contribution in [-0.2, 0) is 18.0 Å². The van der Waals surface area contributed by atoms with E-state index >= 15 is 0 Å². The number of benzene rings is 2. The van der Waals surface area contributed by atoms with E-state index in [1.165, 1.54) is 4.57 Å². The van der Waals surface area contributed by atoms with Gasteiger partial charge in [0.25, 0.3) is 11.5 Å². The van der Waals surface area contributed by atoms with Crippen LogP contribution in [0.5, 0.6) is 0 Å².